The molecule has 1 amide bonds. The van der Waals surface area contributed by atoms with E-state index >= 15 is 0 Å². The molecule has 1 saturated heterocycles. The number of aromatic nitrogens is 1. The Hall–Kier alpha value is -3.59. The number of aliphatic hydroxyl groups is 1. The van der Waals surface area contributed by atoms with E-state index < -0.39 is 23.7 Å². The predicted octanol–water partition coefficient (Wildman–Crippen LogP) is 2.80. The van der Waals surface area contributed by atoms with Crippen molar-refractivity contribution in [1.82, 2.24) is 14.8 Å². The second-order valence-corrected chi connectivity index (χ2v) is 8.41. The van der Waals surface area contributed by atoms with Gasteiger partial charge < -0.3 is 29.4 Å². The van der Waals surface area contributed by atoms with Crippen LogP contribution in [0.2, 0.25) is 0 Å². The van der Waals surface area contributed by atoms with Crippen molar-refractivity contribution in [3.63, 3.8) is 0 Å². The molecule has 9 nitrogen and oxygen atoms in total. The minimum Gasteiger partial charge on any atom is -0.507 e. The molecule has 182 valence electrons. The molecule has 9 heteroatoms. The first-order valence-corrected chi connectivity index (χ1v) is 11.1. The smallest absolute Gasteiger partial charge is 0.354 e. The fourth-order valence-corrected chi connectivity index (χ4v) is 4.22. The highest BCUT2D eigenvalue weighted by Crippen LogP contribution is 2.41. The number of aromatic amines is 1. The van der Waals surface area contributed by atoms with Crippen molar-refractivity contribution in [2.24, 2.45) is 0 Å². The highest BCUT2D eigenvalue weighted by atomic mass is 16.5. The van der Waals surface area contributed by atoms with Crippen LogP contribution in [0.4, 0.5) is 0 Å². The molecule has 0 spiro atoms. The summed E-state index contributed by atoms with van der Waals surface area (Å²) in [4.78, 5) is 44.7. The maximum absolute atomic E-state index is 13.2. The Balaban J connectivity index is 2.19. The maximum atomic E-state index is 13.2. The molecule has 0 aliphatic carbocycles. The van der Waals surface area contributed by atoms with E-state index in [-0.39, 0.29) is 17.0 Å². The molecular weight excluding hydrogens is 438 g/mol. The number of aryl methyl sites for hydroxylation is 1. The van der Waals surface area contributed by atoms with Gasteiger partial charge in [-0.15, -0.1) is 0 Å². The van der Waals surface area contributed by atoms with Gasteiger partial charge in [0.15, 0.2) is 0 Å². The third kappa shape index (κ3) is 4.56. The van der Waals surface area contributed by atoms with Crippen LogP contribution in [0.5, 0.6) is 5.75 Å². The van der Waals surface area contributed by atoms with Crippen LogP contribution in [0.15, 0.2) is 29.8 Å². The number of rotatable bonds is 8. The Morgan fingerprint density at radius 2 is 1.82 bits per heavy atom. The van der Waals surface area contributed by atoms with Crippen LogP contribution < -0.4 is 4.74 Å². The Bertz CT molecular complexity index is 1130. The zero-order chi connectivity index (χ0) is 25.2. The minimum atomic E-state index is -0.786. The van der Waals surface area contributed by atoms with Gasteiger partial charge in [-0.3, -0.25) is 9.59 Å². The fraction of sp³-hybridized carbons (Fsp3) is 0.400. The third-order valence-electron chi connectivity index (χ3n) is 5.90. The van der Waals surface area contributed by atoms with E-state index in [9.17, 15) is 19.5 Å². The number of benzene rings is 1. The van der Waals surface area contributed by atoms with Crippen molar-refractivity contribution in [2.75, 3.05) is 40.9 Å². The quantitative estimate of drug-likeness (QED) is 0.265. The van der Waals surface area contributed by atoms with E-state index in [1.165, 1.54) is 12.0 Å². The molecule has 3 rings (SSSR count). The summed E-state index contributed by atoms with van der Waals surface area (Å²) < 4.78 is 10.3. The maximum Gasteiger partial charge on any atom is 0.354 e. The number of likely N-dealkylation sites (N-methyl/N-ethyl adjacent to an activating group) is 1. The van der Waals surface area contributed by atoms with Gasteiger partial charge in [-0.2, -0.15) is 0 Å². The number of hydrogen-bond donors (Lipinski definition) is 2. The topological polar surface area (TPSA) is 112 Å². The highest BCUT2D eigenvalue weighted by Gasteiger charge is 2.46. The monoisotopic (exact) mass is 469 g/mol. The van der Waals surface area contributed by atoms with Crippen molar-refractivity contribution in [3.8, 4) is 5.75 Å². The molecule has 1 aliphatic rings. The molecule has 34 heavy (non-hydrogen) atoms. The van der Waals surface area contributed by atoms with Crippen LogP contribution in [-0.4, -0.2) is 78.5 Å². The molecule has 2 N–H and O–H groups in total. The average molecular weight is 470 g/mol. The number of carbonyl (C=O) groups excluding carboxylic acids is 3. The summed E-state index contributed by atoms with van der Waals surface area (Å²) in [5, 5.41) is 11.4. The number of ketones is 1. The predicted molar refractivity (Wildman–Crippen MR) is 127 cm³/mol. The van der Waals surface area contributed by atoms with Crippen molar-refractivity contribution in [3.05, 3.63) is 57.9 Å². The lowest BCUT2D eigenvalue weighted by molar-refractivity contribution is -0.140. The number of methoxy groups -OCH3 is 1. The highest BCUT2D eigenvalue weighted by molar-refractivity contribution is 6.46. The van der Waals surface area contributed by atoms with E-state index in [2.05, 4.69) is 4.98 Å². The van der Waals surface area contributed by atoms with Crippen LogP contribution >= 0.6 is 0 Å². The first-order valence-electron chi connectivity index (χ1n) is 11.1. The van der Waals surface area contributed by atoms with E-state index in [1.54, 1.807) is 38.1 Å². The number of nitrogens with zero attached hydrogens (tertiary/aromatic N) is 2. The molecule has 2 heterocycles. The number of hydrogen-bond acceptors (Lipinski definition) is 7. The number of H-pyrrole nitrogens is 1. The molecule has 1 aromatic carbocycles. The van der Waals surface area contributed by atoms with E-state index in [1.807, 2.05) is 25.9 Å². The fourth-order valence-electron chi connectivity index (χ4n) is 4.22. The summed E-state index contributed by atoms with van der Waals surface area (Å²) in [6.45, 7) is 6.56. The van der Waals surface area contributed by atoms with E-state index in [4.69, 9.17) is 9.47 Å². The summed E-state index contributed by atoms with van der Waals surface area (Å²) in [7, 11) is 5.02. The zero-order valence-electron chi connectivity index (χ0n) is 20.4. The van der Waals surface area contributed by atoms with Crippen molar-refractivity contribution < 1.29 is 29.0 Å². The summed E-state index contributed by atoms with van der Waals surface area (Å²) in [6, 6.07) is 6.33. The first kappa shape index (κ1) is 25.0. The molecule has 1 aliphatic heterocycles. The van der Waals surface area contributed by atoms with Gasteiger partial charge in [0.2, 0.25) is 0 Å². The Kier molecular flexibility index (Phi) is 7.46. The number of aliphatic hydroxyl groups excluding tert-OH is 1. The van der Waals surface area contributed by atoms with Crippen LogP contribution in [0.25, 0.3) is 5.76 Å². The van der Waals surface area contributed by atoms with Crippen molar-refractivity contribution in [1.29, 1.82) is 0 Å². The van der Waals surface area contributed by atoms with Gasteiger partial charge in [-0.05, 0) is 58.1 Å². The summed E-state index contributed by atoms with van der Waals surface area (Å²) in [6.07, 6.45) is 0. The van der Waals surface area contributed by atoms with Gasteiger partial charge in [0.25, 0.3) is 11.7 Å². The molecule has 2 aromatic rings. The van der Waals surface area contributed by atoms with Crippen molar-refractivity contribution >= 4 is 23.4 Å². The molecule has 0 bridgehead atoms. The lowest BCUT2D eigenvalue weighted by Gasteiger charge is -2.26. The van der Waals surface area contributed by atoms with Gasteiger partial charge in [-0.1, -0.05) is 12.1 Å². The first-order chi connectivity index (χ1) is 16.1. The molecule has 0 unspecified atom stereocenters. The number of esters is 1. The molecular formula is C25H31N3O6. The average Bonchev–Trinajstić information content (AvgIpc) is 3.24. The normalized spacial score (nSPS) is 17.5. The Labute approximate surface area is 199 Å². The van der Waals surface area contributed by atoms with Crippen molar-refractivity contribution in [2.45, 2.75) is 26.8 Å². The second-order valence-electron chi connectivity index (χ2n) is 8.41. The SMILES string of the molecule is CCOc1ccc([C@H]2C(=C(O)c3c(C)[nH]c(C(=O)OC)c3C)C(=O)C(=O)N2CCN(C)C)cc1. The minimum absolute atomic E-state index is 0.0190. The molecule has 0 saturated carbocycles. The summed E-state index contributed by atoms with van der Waals surface area (Å²) in [5.74, 6) is -1.70. The standard InChI is InChI=1S/C25H31N3O6/c1-7-34-17-10-8-16(9-11-17)21-19(23(30)24(31)28(21)13-12-27(4)5)22(29)18-14(2)20(25(32)33-6)26-15(18)3/h8-11,21,26,29H,7,12-13H2,1-6H3/t21-/m0/s1. The number of carbonyl (C=O) groups is 3. The van der Waals surface area contributed by atoms with Gasteiger partial charge >= 0.3 is 5.97 Å². The van der Waals surface area contributed by atoms with E-state index in [0.717, 1.165) is 0 Å². The Morgan fingerprint density at radius 1 is 1.18 bits per heavy atom. The number of Topliss-reactive ketones (excluding diaryl/α,β-unsaturated/α-hetero) is 1. The number of amides is 1. The largest absolute Gasteiger partial charge is 0.507 e. The van der Waals surface area contributed by atoms with Crippen LogP contribution in [-0.2, 0) is 14.3 Å². The lowest BCUT2D eigenvalue weighted by Crippen LogP contribution is -2.35. The second kappa shape index (κ2) is 10.1. The van der Waals surface area contributed by atoms with Gasteiger partial charge in [0.1, 0.15) is 17.2 Å². The Morgan fingerprint density at radius 3 is 2.38 bits per heavy atom. The summed E-state index contributed by atoms with van der Waals surface area (Å²) >= 11 is 0. The molecule has 1 fully saturated rings. The van der Waals surface area contributed by atoms with Gasteiger partial charge in [-0.25, -0.2) is 4.79 Å². The number of nitrogens with one attached hydrogen (secondary N) is 1. The molecule has 1 atom stereocenters. The van der Waals surface area contributed by atoms with Crippen LogP contribution in [0.1, 0.15) is 45.8 Å². The molecule has 1 aromatic heterocycles. The third-order valence-corrected chi connectivity index (χ3v) is 5.90. The van der Waals surface area contributed by atoms with E-state index in [0.29, 0.717) is 47.8 Å². The van der Waals surface area contributed by atoms with Gasteiger partial charge in [0, 0.05) is 24.3 Å². The number of likely N-dealkylation sites (tertiary alicyclic amines) is 1. The van der Waals surface area contributed by atoms with Gasteiger partial charge in [0.05, 0.1) is 25.3 Å². The lowest BCUT2D eigenvalue weighted by atomic mass is 9.94. The van der Waals surface area contributed by atoms with Crippen LogP contribution in [0.3, 0.4) is 0 Å². The van der Waals surface area contributed by atoms with Crippen LogP contribution in [0, 0.1) is 13.8 Å². The number of ether oxygens (including phenoxy) is 2. The molecule has 0 radical (unpaired) electrons. The summed E-state index contributed by atoms with van der Waals surface area (Å²) in [5.41, 5.74) is 2.06. The zero-order valence-corrected chi connectivity index (χ0v) is 20.4.